The van der Waals surface area contributed by atoms with Crippen molar-refractivity contribution in [2.24, 2.45) is 0 Å². The number of carboxylic acid groups (broad SMARTS) is 1. The number of nitrogens with zero attached hydrogens (tertiary/aromatic N) is 3. The van der Waals surface area contributed by atoms with E-state index in [1.54, 1.807) is 10.9 Å². The Labute approximate surface area is 121 Å². The van der Waals surface area contributed by atoms with Crippen LogP contribution in [-0.2, 0) is 12.1 Å². The molecule has 2 N–H and O–H groups in total. The second-order valence-electron chi connectivity index (χ2n) is 5.68. The zero-order valence-corrected chi connectivity index (χ0v) is 12.1. The van der Waals surface area contributed by atoms with Gasteiger partial charge in [0.2, 0.25) is 0 Å². The molecule has 0 saturated heterocycles. The normalized spacial score (nSPS) is 11.4. The molecule has 6 nitrogen and oxygen atoms in total. The second-order valence-corrected chi connectivity index (χ2v) is 5.68. The fraction of sp³-hybridized carbons (Fsp3) is 0.357. The minimum Gasteiger partial charge on any atom is -0.478 e. The Kier molecular flexibility index (Phi) is 3.93. The standard InChI is InChI=1S/C14H17FN4O2/c1-14(2,3)19-8-10(17-18-19)7-16-12-6-9(13(20)21)4-5-11(12)15/h4-6,8,16H,7H2,1-3H3,(H,20,21). The number of carbonyl (C=O) groups is 1. The monoisotopic (exact) mass is 292 g/mol. The number of nitrogens with one attached hydrogen (secondary N) is 1. The summed E-state index contributed by atoms with van der Waals surface area (Å²) in [7, 11) is 0. The van der Waals surface area contributed by atoms with Crippen LogP contribution in [0, 0.1) is 5.82 Å². The van der Waals surface area contributed by atoms with Gasteiger partial charge in [-0.15, -0.1) is 5.10 Å². The first-order valence-electron chi connectivity index (χ1n) is 6.46. The number of aromatic nitrogens is 3. The fourth-order valence-corrected chi connectivity index (χ4v) is 1.69. The van der Waals surface area contributed by atoms with Crippen molar-refractivity contribution >= 4 is 11.7 Å². The summed E-state index contributed by atoms with van der Waals surface area (Å²) in [5, 5.41) is 19.7. The minimum absolute atomic E-state index is 0.0252. The van der Waals surface area contributed by atoms with Gasteiger partial charge in [0.15, 0.2) is 0 Å². The fourth-order valence-electron chi connectivity index (χ4n) is 1.69. The SMILES string of the molecule is CC(C)(C)n1cc(CNc2cc(C(=O)O)ccc2F)nn1. The van der Waals surface area contributed by atoms with E-state index < -0.39 is 11.8 Å². The topological polar surface area (TPSA) is 80.0 Å². The Morgan fingerprint density at radius 1 is 1.43 bits per heavy atom. The Balaban J connectivity index is 2.11. The van der Waals surface area contributed by atoms with Crippen molar-refractivity contribution < 1.29 is 14.3 Å². The van der Waals surface area contributed by atoms with Crippen LogP contribution in [-0.4, -0.2) is 26.1 Å². The first-order valence-corrected chi connectivity index (χ1v) is 6.46. The number of hydrogen-bond donors (Lipinski definition) is 2. The highest BCUT2D eigenvalue weighted by Crippen LogP contribution is 2.17. The largest absolute Gasteiger partial charge is 0.478 e. The summed E-state index contributed by atoms with van der Waals surface area (Å²) in [5.74, 6) is -1.61. The van der Waals surface area contributed by atoms with E-state index in [0.29, 0.717) is 5.69 Å². The quantitative estimate of drug-likeness (QED) is 0.905. The third kappa shape index (κ3) is 3.56. The predicted molar refractivity (Wildman–Crippen MR) is 75.7 cm³/mol. The van der Waals surface area contributed by atoms with Crippen LogP contribution in [0.4, 0.5) is 10.1 Å². The third-order valence-corrected chi connectivity index (χ3v) is 2.90. The Hall–Kier alpha value is -2.44. The number of anilines is 1. The van der Waals surface area contributed by atoms with Crippen LogP contribution in [0.25, 0.3) is 0 Å². The molecule has 0 aliphatic rings. The van der Waals surface area contributed by atoms with Gasteiger partial charge in [-0.1, -0.05) is 5.21 Å². The van der Waals surface area contributed by atoms with Gasteiger partial charge in [0.1, 0.15) is 11.5 Å². The zero-order chi connectivity index (χ0) is 15.6. The maximum absolute atomic E-state index is 13.6. The number of aromatic carboxylic acids is 1. The smallest absolute Gasteiger partial charge is 0.335 e. The predicted octanol–water partition coefficient (Wildman–Crippen LogP) is 2.48. The van der Waals surface area contributed by atoms with Gasteiger partial charge in [-0.25, -0.2) is 13.9 Å². The molecule has 112 valence electrons. The summed E-state index contributed by atoms with van der Waals surface area (Å²) >= 11 is 0. The first kappa shape index (κ1) is 15.0. The van der Waals surface area contributed by atoms with Crippen molar-refractivity contribution in [1.82, 2.24) is 15.0 Å². The number of rotatable bonds is 4. The molecule has 0 bridgehead atoms. The van der Waals surface area contributed by atoms with Crippen molar-refractivity contribution in [3.63, 3.8) is 0 Å². The average Bonchev–Trinajstić information content (AvgIpc) is 2.86. The van der Waals surface area contributed by atoms with Crippen LogP contribution in [0.2, 0.25) is 0 Å². The summed E-state index contributed by atoms with van der Waals surface area (Å²) in [6, 6.07) is 3.60. The van der Waals surface area contributed by atoms with E-state index in [0.717, 1.165) is 6.07 Å². The number of hydrogen-bond acceptors (Lipinski definition) is 4. The van der Waals surface area contributed by atoms with E-state index in [1.807, 2.05) is 20.8 Å². The van der Waals surface area contributed by atoms with E-state index in [9.17, 15) is 9.18 Å². The lowest BCUT2D eigenvalue weighted by Gasteiger charge is -2.17. The summed E-state index contributed by atoms with van der Waals surface area (Å²) < 4.78 is 15.3. The molecule has 21 heavy (non-hydrogen) atoms. The molecule has 2 aromatic rings. The van der Waals surface area contributed by atoms with Crippen molar-refractivity contribution in [2.75, 3.05) is 5.32 Å². The van der Waals surface area contributed by atoms with E-state index in [-0.39, 0.29) is 23.3 Å². The number of carboxylic acids is 1. The molecule has 0 saturated carbocycles. The molecule has 0 atom stereocenters. The molecule has 2 rings (SSSR count). The number of benzene rings is 1. The zero-order valence-electron chi connectivity index (χ0n) is 12.1. The maximum Gasteiger partial charge on any atom is 0.335 e. The molecule has 0 spiro atoms. The molecular formula is C14H17FN4O2. The van der Waals surface area contributed by atoms with Gasteiger partial charge in [0.25, 0.3) is 0 Å². The van der Waals surface area contributed by atoms with Crippen LogP contribution >= 0.6 is 0 Å². The molecule has 0 aliphatic carbocycles. The molecule has 1 aromatic carbocycles. The Morgan fingerprint density at radius 3 is 2.71 bits per heavy atom. The van der Waals surface area contributed by atoms with E-state index in [1.165, 1.54) is 12.1 Å². The molecule has 1 aromatic heterocycles. The summed E-state index contributed by atoms with van der Waals surface area (Å²) in [5.41, 5.74) is 0.613. The lowest BCUT2D eigenvalue weighted by molar-refractivity contribution is 0.0697. The van der Waals surface area contributed by atoms with E-state index in [4.69, 9.17) is 5.11 Å². The summed E-state index contributed by atoms with van der Waals surface area (Å²) in [4.78, 5) is 10.9. The third-order valence-electron chi connectivity index (χ3n) is 2.90. The van der Waals surface area contributed by atoms with Crippen LogP contribution < -0.4 is 5.32 Å². The van der Waals surface area contributed by atoms with Gasteiger partial charge in [0.05, 0.1) is 29.5 Å². The molecule has 0 aliphatic heterocycles. The lowest BCUT2D eigenvalue weighted by atomic mass is 10.1. The lowest BCUT2D eigenvalue weighted by Crippen LogP contribution is -2.22. The summed E-state index contributed by atoms with van der Waals surface area (Å²) in [6.07, 6.45) is 1.77. The number of halogens is 1. The van der Waals surface area contributed by atoms with E-state index in [2.05, 4.69) is 15.6 Å². The molecule has 0 amide bonds. The second kappa shape index (κ2) is 5.51. The highest BCUT2D eigenvalue weighted by atomic mass is 19.1. The van der Waals surface area contributed by atoms with Gasteiger partial charge >= 0.3 is 5.97 Å². The van der Waals surface area contributed by atoms with Gasteiger partial charge in [-0.05, 0) is 39.0 Å². The Morgan fingerprint density at radius 2 is 2.14 bits per heavy atom. The molecular weight excluding hydrogens is 275 g/mol. The van der Waals surface area contributed by atoms with Gasteiger partial charge in [-0.2, -0.15) is 0 Å². The van der Waals surface area contributed by atoms with Gasteiger partial charge < -0.3 is 10.4 Å². The first-order chi connectivity index (χ1) is 9.77. The molecule has 0 unspecified atom stereocenters. The molecule has 7 heteroatoms. The van der Waals surface area contributed by atoms with Crippen molar-refractivity contribution in [1.29, 1.82) is 0 Å². The molecule has 0 radical (unpaired) electrons. The van der Waals surface area contributed by atoms with Crippen LogP contribution in [0.5, 0.6) is 0 Å². The van der Waals surface area contributed by atoms with Crippen LogP contribution in [0.3, 0.4) is 0 Å². The van der Waals surface area contributed by atoms with Gasteiger partial charge in [0, 0.05) is 0 Å². The minimum atomic E-state index is -1.10. The molecule has 0 fully saturated rings. The van der Waals surface area contributed by atoms with Gasteiger partial charge in [-0.3, -0.25) is 0 Å². The van der Waals surface area contributed by atoms with Crippen LogP contribution in [0.15, 0.2) is 24.4 Å². The van der Waals surface area contributed by atoms with Crippen LogP contribution in [0.1, 0.15) is 36.8 Å². The highest BCUT2D eigenvalue weighted by Gasteiger charge is 2.15. The highest BCUT2D eigenvalue weighted by molar-refractivity contribution is 5.88. The summed E-state index contributed by atoms with van der Waals surface area (Å²) in [6.45, 7) is 6.24. The van der Waals surface area contributed by atoms with Crippen molar-refractivity contribution in [3.8, 4) is 0 Å². The van der Waals surface area contributed by atoms with Crippen molar-refractivity contribution in [3.05, 3.63) is 41.5 Å². The Bertz CT molecular complexity index is 661. The van der Waals surface area contributed by atoms with E-state index >= 15 is 0 Å². The average molecular weight is 292 g/mol. The maximum atomic E-state index is 13.6. The van der Waals surface area contributed by atoms with Crippen molar-refractivity contribution in [2.45, 2.75) is 32.9 Å². The molecule has 1 heterocycles.